The van der Waals surface area contributed by atoms with Gasteiger partial charge in [-0.15, -0.1) is 0 Å². The van der Waals surface area contributed by atoms with Crippen molar-refractivity contribution in [1.82, 2.24) is 4.57 Å². The van der Waals surface area contributed by atoms with Gasteiger partial charge in [0.2, 0.25) is 0 Å². The van der Waals surface area contributed by atoms with Crippen LogP contribution in [-0.2, 0) is 21.3 Å². The average Bonchev–Trinajstić information content (AvgIpc) is 3.20. The first-order chi connectivity index (χ1) is 16.8. The van der Waals surface area contributed by atoms with Crippen LogP contribution in [0.5, 0.6) is 0 Å². The van der Waals surface area contributed by atoms with Crippen molar-refractivity contribution in [2.45, 2.75) is 18.4 Å². The lowest BCUT2D eigenvalue weighted by atomic mass is 10.2. The molecular formula is C25H24ClN3O4S2. The normalized spacial score (nSPS) is 12.3. The lowest BCUT2D eigenvalue weighted by Gasteiger charge is -2.19. The Morgan fingerprint density at radius 3 is 2.49 bits per heavy atom. The molecule has 0 aliphatic heterocycles. The molecular weight excluding hydrogens is 506 g/mol. The summed E-state index contributed by atoms with van der Waals surface area (Å²) in [7, 11) is -2.28. The van der Waals surface area contributed by atoms with Gasteiger partial charge in [0.05, 0.1) is 27.4 Å². The number of hydrogen-bond acceptors (Lipinski definition) is 5. The van der Waals surface area contributed by atoms with Crippen molar-refractivity contribution in [2.75, 3.05) is 24.6 Å². The maximum Gasteiger partial charge on any atom is 0.279 e. The highest BCUT2D eigenvalue weighted by Crippen LogP contribution is 2.23. The molecule has 0 atom stereocenters. The van der Waals surface area contributed by atoms with E-state index in [4.69, 9.17) is 16.3 Å². The molecule has 4 rings (SSSR count). The van der Waals surface area contributed by atoms with Crippen LogP contribution < -0.4 is 9.11 Å². The van der Waals surface area contributed by atoms with Crippen molar-refractivity contribution in [3.05, 3.63) is 88.2 Å². The van der Waals surface area contributed by atoms with Crippen molar-refractivity contribution in [1.29, 1.82) is 0 Å². The number of halogens is 1. The van der Waals surface area contributed by atoms with Crippen LogP contribution in [0.25, 0.3) is 10.2 Å². The molecule has 4 aromatic rings. The zero-order valence-corrected chi connectivity index (χ0v) is 21.6. The number of thiazole rings is 1. The van der Waals surface area contributed by atoms with Gasteiger partial charge >= 0.3 is 0 Å². The van der Waals surface area contributed by atoms with Crippen LogP contribution in [0.4, 0.5) is 5.69 Å². The summed E-state index contributed by atoms with van der Waals surface area (Å²) >= 11 is 7.51. The Kier molecular flexibility index (Phi) is 7.71. The monoisotopic (exact) mass is 529 g/mol. The molecule has 0 saturated carbocycles. The molecule has 0 fully saturated rings. The Bertz CT molecular complexity index is 1510. The van der Waals surface area contributed by atoms with Gasteiger partial charge in [0.1, 0.15) is 0 Å². The molecule has 0 unspecified atom stereocenters. The van der Waals surface area contributed by atoms with E-state index in [1.54, 1.807) is 30.3 Å². The topological polar surface area (TPSA) is 81.0 Å². The molecule has 0 aliphatic carbocycles. The number of sulfonamides is 1. The summed E-state index contributed by atoms with van der Waals surface area (Å²) in [5.41, 5.74) is 1.75. The molecule has 0 saturated heterocycles. The van der Waals surface area contributed by atoms with Crippen LogP contribution in [0.15, 0.2) is 82.7 Å². The first-order valence-corrected chi connectivity index (χ1v) is 13.5. The highest BCUT2D eigenvalue weighted by molar-refractivity contribution is 7.92. The van der Waals surface area contributed by atoms with E-state index in [2.05, 4.69) is 4.99 Å². The fraction of sp³-hybridized carbons (Fsp3) is 0.200. The summed E-state index contributed by atoms with van der Waals surface area (Å²) < 4.78 is 35.5. The highest BCUT2D eigenvalue weighted by atomic mass is 35.5. The number of aromatic nitrogens is 1. The molecule has 35 heavy (non-hydrogen) atoms. The van der Waals surface area contributed by atoms with Crippen LogP contribution in [0.1, 0.15) is 17.3 Å². The van der Waals surface area contributed by atoms with Gasteiger partial charge in [0.15, 0.2) is 4.80 Å². The molecule has 182 valence electrons. The van der Waals surface area contributed by atoms with Gasteiger partial charge in [0.25, 0.3) is 15.9 Å². The number of para-hydroxylation sites is 1. The number of carbonyl (C=O) groups excluding carboxylic acids is 1. The summed E-state index contributed by atoms with van der Waals surface area (Å²) in [4.78, 5) is 17.9. The predicted molar refractivity (Wildman–Crippen MR) is 140 cm³/mol. The van der Waals surface area contributed by atoms with E-state index >= 15 is 0 Å². The molecule has 10 heteroatoms. The van der Waals surface area contributed by atoms with Crippen molar-refractivity contribution in [2.24, 2.45) is 4.99 Å². The standard InChI is InChI=1S/C25H24ClN3O4S2/c1-3-33-16-15-29-22-14-11-19(26)17-23(22)34-25(29)27-24(30)18-9-12-21(13-10-18)35(31,32)28(2)20-7-5-4-6-8-20/h4-14,17H,3,15-16H2,1-2H3. The number of benzene rings is 3. The Hall–Kier alpha value is -2.98. The third-order valence-electron chi connectivity index (χ3n) is 5.38. The Labute approximate surface area is 212 Å². The lowest BCUT2D eigenvalue weighted by molar-refractivity contribution is 0.0996. The Balaban J connectivity index is 1.64. The van der Waals surface area contributed by atoms with Crippen LogP contribution in [0.2, 0.25) is 5.02 Å². The molecule has 0 aliphatic rings. The van der Waals surface area contributed by atoms with Gasteiger partial charge in [-0.2, -0.15) is 4.99 Å². The van der Waals surface area contributed by atoms with E-state index in [9.17, 15) is 13.2 Å². The fourth-order valence-electron chi connectivity index (χ4n) is 3.50. The molecule has 1 heterocycles. The Morgan fingerprint density at radius 1 is 1.09 bits per heavy atom. The van der Waals surface area contributed by atoms with E-state index in [0.29, 0.717) is 35.3 Å². The number of carbonyl (C=O) groups is 1. The van der Waals surface area contributed by atoms with E-state index in [-0.39, 0.29) is 10.5 Å². The molecule has 3 aromatic carbocycles. The maximum atomic E-state index is 13.0. The van der Waals surface area contributed by atoms with Crippen molar-refractivity contribution in [3.8, 4) is 0 Å². The van der Waals surface area contributed by atoms with E-state index in [0.717, 1.165) is 10.2 Å². The zero-order chi connectivity index (χ0) is 25.0. The van der Waals surface area contributed by atoms with Crippen molar-refractivity contribution >= 4 is 54.8 Å². The second-order valence-corrected chi connectivity index (χ2v) is 11.0. The molecule has 0 radical (unpaired) electrons. The minimum absolute atomic E-state index is 0.0867. The summed E-state index contributed by atoms with van der Waals surface area (Å²) in [6.07, 6.45) is 0. The minimum Gasteiger partial charge on any atom is -0.380 e. The van der Waals surface area contributed by atoms with Gasteiger partial charge < -0.3 is 9.30 Å². The molecule has 0 bridgehead atoms. The molecule has 7 nitrogen and oxygen atoms in total. The van der Waals surface area contributed by atoms with Crippen molar-refractivity contribution < 1.29 is 17.9 Å². The van der Waals surface area contributed by atoms with E-state index < -0.39 is 15.9 Å². The van der Waals surface area contributed by atoms with Crippen LogP contribution in [0, 0.1) is 0 Å². The highest BCUT2D eigenvalue weighted by Gasteiger charge is 2.21. The SMILES string of the molecule is CCOCCn1c(=NC(=O)c2ccc(S(=O)(=O)N(C)c3ccccc3)cc2)sc2cc(Cl)ccc21. The molecule has 1 aromatic heterocycles. The molecule has 0 spiro atoms. The summed E-state index contributed by atoms with van der Waals surface area (Å²) in [6.45, 7) is 3.53. The molecule has 1 amide bonds. The predicted octanol–water partition coefficient (Wildman–Crippen LogP) is 4.96. The van der Waals surface area contributed by atoms with Crippen LogP contribution in [-0.4, -0.2) is 39.2 Å². The van der Waals surface area contributed by atoms with Crippen LogP contribution >= 0.6 is 22.9 Å². The first kappa shape index (κ1) is 25.1. The number of rotatable bonds is 8. The average molecular weight is 530 g/mol. The quantitative estimate of drug-likeness (QED) is 0.302. The number of fused-ring (bicyclic) bond motifs is 1. The third-order valence-corrected chi connectivity index (χ3v) is 8.46. The third kappa shape index (κ3) is 5.48. The smallest absolute Gasteiger partial charge is 0.279 e. The molecule has 0 N–H and O–H groups in total. The van der Waals surface area contributed by atoms with Gasteiger partial charge in [-0.05, 0) is 61.5 Å². The van der Waals surface area contributed by atoms with E-state index in [1.165, 1.54) is 47.0 Å². The van der Waals surface area contributed by atoms with Crippen LogP contribution in [0.3, 0.4) is 0 Å². The second-order valence-electron chi connectivity index (χ2n) is 7.59. The number of hydrogen-bond donors (Lipinski definition) is 0. The minimum atomic E-state index is -3.77. The largest absolute Gasteiger partial charge is 0.380 e. The lowest BCUT2D eigenvalue weighted by Crippen LogP contribution is -2.26. The summed E-state index contributed by atoms with van der Waals surface area (Å²) in [5.74, 6) is -0.465. The van der Waals surface area contributed by atoms with Gasteiger partial charge in [0, 0.05) is 30.8 Å². The summed E-state index contributed by atoms with van der Waals surface area (Å²) in [6, 6.07) is 20.1. The fourth-order valence-corrected chi connectivity index (χ4v) is 6.03. The van der Waals surface area contributed by atoms with Gasteiger partial charge in [-0.3, -0.25) is 9.10 Å². The zero-order valence-electron chi connectivity index (χ0n) is 19.2. The maximum absolute atomic E-state index is 13.0. The van der Waals surface area contributed by atoms with Gasteiger partial charge in [-0.25, -0.2) is 8.42 Å². The van der Waals surface area contributed by atoms with E-state index in [1.807, 2.05) is 29.7 Å². The second kappa shape index (κ2) is 10.7. The van der Waals surface area contributed by atoms with Gasteiger partial charge in [-0.1, -0.05) is 41.1 Å². The Morgan fingerprint density at radius 2 is 1.80 bits per heavy atom. The number of anilines is 1. The number of ether oxygens (including phenoxy) is 1. The first-order valence-electron chi connectivity index (χ1n) is 10.9. The number of nitrogens with zero attached hydrogens (tertiary/aromatic N) is 3. The van der Waals surface area contributed by atoms with Crippen molar-refractivity contribution in [3.63, 3.8) is 0 Å². The number of amides is 1. The summed E-state index contributed by atoms with van der Waals surface area (Å²) in [5, 5.41) is 0.603.